The SMILES string of the molecule is CN(CCC(CN(C)CC(C)(C)C)C(N)CN(C)CC(C)(C)C)CC(C)(C)C. The van der Waals surface area contributed by atoms with Gasteiger partial charge in [-0.15, -0.1) is 0 Å². The minimum atomic E-state index is 0.206. The lowest BCUT2D eigenvalue weighted by molar-refractivity contribution is 0.143. The van der Waals surface area contributed by atoms with Crippen LogP contribution in [0, 0.1) is 22.2 Å². The number of nitrogens with two attached hydrogens (primary N) is 1. The zero-order chi connectivity index (χ0) is 22.3. The maximum atomic E-state index is 6.78. The molecule has 28 heavy (non-hydrogen) atoms. The summed E-state index contributed by atoms with van der Waals surface area (Å²) >= 11 is 0. The number of rotatable bonds is 11. The monoisotopic (exact) mass is 398 g/mol. The number of nitrogens with zero attached hydrogens (tertiary/aromatic N) is 3. The summed E-state index contributed by atoms with van der Waals surface area (Å²) in [4.78, 5) is 7.38. The van der Waals surface area contributed by atoms with Gasteiger partial charge in [0.15, 0.2) is 0 Å². The van der Waals surface area contributed by atoms with Gasteiger partial charge in [-0.3, -0.25) is 0 Å². The Kier molecular flexibility index (Phi) is 11.2. The maximum Gasteiger partial charge on any atom is 0.0209 e. The molecule has 0 saturated carbocycles. The Balaban J connectivity index is 4.95. The molecule has 0 aliphatic rings. The van der Waals surface area contributed by atoms with E-state index in [9.17, 15) is 0 Å². The highest BCUT2D eigenvalue weighted by Crippen LogP contribution is 2.20. The summed E-state index contributed by atoms with van der Waals surface area (Å²) in [5.41, 5.74) is 7.73. The van der Waals surface area contributed by atoms with Gasteiger partial charge in [-0.25, -0.2) is 0 Å². The molecule has 0 heterocycles. The lowest BCUT2D eigenvalue weighted by atomic mass is 9.91. The van der Waals surface area contributed by atoms with Crippen molar-refractivity contribution in [2.75, 3.05) is 60.4 Å². The van der Waals surface area contributed by atoms with E-state index in [1.807, 2.05) is 0 Å². The quantitative estimate of drug-likeness (QED) is 0.564. The standard InChI is InChI=1S/C24H54N4/c1-22(2,3)17-26(10)14-13-20(15-27(11)18-23(4,5)6)21(25)16-28(12)19-24(7,8)9/h20-21H,13-19,25H2,1-12H3. The summed E-state index contributed by atoms with van der Waals surface area (Å²) in [6.45, 7) is 27.2. The zero-order valence-corrected chi connectivity index (χ0v) is 21.5. The van der Waals surface area contributed by atoms with E-state index in [-0.39, 0.29) is 6.04 Å². The lowest BCUT2D eigenvalue weighted by Gasteiger charge is -2.36. The van der Waals surface area contributed by atoms with Gasteiger partial charge in [0.25, 0.3) is 0 Å². The third kappa shape index (κ3) is 15.7. The Bertz CT molecular complexity index is 414. The van der Waals surface area contributed by atoms with Gasteiger partial charge in [-0.05, 0) is 56.3 Å². The largest absolute Gasteiger partial charge is 0.326 e. The number of hydrogen-bond acceptors (Lipinski definition) is 4. The van der Waals surface area contributed by atoms with Crippen LogP contribution in [-0.2, 0) is 0 Å². The maximum absolute atomic E-state index is 6.78. The van der Waals surface area contributed by atoms with Crippen LogP contribution in [-0.4, -0.2) is 81.2 Å². The van der Waals surface area contributed by atoms with Gasteiger partial charge in [0.05, 0.1) is 0 Å². The molecule has 4 heteroatoms. The van der Waals surface area contributed by atoms with Crippen molar-refractivity contribution in [2.45, 2.75) is 74.8 Å². The van der Waals surface area contributed by atoms with Gasteiger partial charge in [0, 0.05) is 38.8 Å². The highest BCUT2D eigenvalue weighted by Gasteiger charge is 2.25. The summed E-state index contributed by atoms with van der Waals surface area (Å²) < 4.78 is 0. The van der Waals surface area contributed by atoms with Crippen molar-refractivity contribution in [3.05, 3.63) is 0 Å². The molecule has 0 aliphatic heterocycles. The van der Waals surface area contributed by atoms with Crippen molar-refractivity contribution < 1.29 is 0 Å². The van der Waals surface area contributed by atoms with Crippen molar-refractivity contribution >= 4 is 0 Å². The van der Waals surface area contributed by atoms with E-state index in [1.165, 1.54) is 0 Å². The molecule has 0 aliphatic carbocycles. The van der Waals surface area contributed by atoms with E-state index in [1.54, 1.807) is 0 Å². The first kappa shape index (κ1) is 27.8. The molecular weight excluding hydrogens is 344 g/mol. The van der Waals surface area contributed by atoms with Gasteiger partial charge < -0.3 is 20.4 Å². The third-order valence-electron chi connectivity index (χ3n) is 4.79. The Morgan fingerprint density at radius 3 is 1.36 bits per heavy atom. The Morgan fingerprint density at radius 2 is 0.964 bits per heavy atom. The van der Waals surface area contributed by atoms with Crippen LogP contribution >= 0.6 is 0 Å². The molecule has 170 valence electrons. The molecule has 0 bridgehead atoms. The summed E-state index contributed by atoms with van der Waals surface area (Å²) in [7, 11) is 6.72. The van der Waals surface area contributed by atoms with Crippen LogP contribution in [0.1, 0.15) is 68.7 Å². The second-order valence-corrected chi connectivity index (χ2v) is 13.0. The molecule has 0 radical (unpaired) electrons. The molecule has 0 spiro atoms. The van der Waals surface area contributed by atoms with Crippen LogP contribution in [0.15, 0.2) is 0 Å². The van der Waals surface area contributed by atoms with Crippen LogP contribution in [0.3, 0.4) is 0 Å². The van der Waals surface area contributed by atoms with E-state index in [0.717, 1.165) is 45.7 Å². The average molecular weight is 399 g/mol. The molecule has 0 aromatic heterocycles. The van der Waals surface area contributed by atoms with E-state index in [2.05, 4.69) is 98.2 Å². The molecule has 0 aromatic carbocycles. The zero-order valence-electron chi connectivity index (χ0n) is 21.5. The molecule has 4 nitrogen and oxygen atoms in total. The molecule has 0 fully saturated rings. The highest BCUT2D eigenvalue weighted by molar-refractivity contribution is 4.82. The molecular formula is C24H54N4. The van der Waals surface area contributed by atoms with Crippen LogP contribution in [0.25, 0.3) is 0 Å². The van der Waals surface area contributed by atoms with Gasteiger partial charge in [-0.1, -0.05) is 62.3 Å². The van der Waals surface area contributed by atoms with Gasteiger partial charge in [0.1, 0.15) is 0 Å². The molecule has 0 rings (SSSR count). The smallest absolute Gasteiger partial charge is 0.0209 e. The van der Waals surface area contributed by atoms with Crippen molar-refractivity contribution in [1.82, 2.24) is 14.7 Å². The second kappa shape index (κ2) is 11.3. The summed E-state index contributed by atoms with van der Waals surface area (Å²) in [5.74, 6) is 0.511. The normalized spacial score (nSPS) is 16.3. The first-order valence-electron chi connectivity index (χ1n) is 11.2. The predicted molar refractivity (Wildman–Crippen MR) is 127 cm³/mol. The Hall–Kier alpha value is -0.160. The van der Waals surface area contributed by atoms with E-state index in [4.69, 9.17) is 5.73 Å². The molecule has 0 aromatic rings. The minimum Gasteiger partial charge on any atom is -0.326 e. The second-order valence-electron chi connectivity index (χ2n) is 13.0. The Morgan fingerprint density at radius 1 is 0.607 bits per heavy atom. The van der Waals surface area contributed by atoms with Crippen molar-refractivity contribution in [3.63, 3.8) is 0 Å². The highest BCUT2D eigenvalue weighted by atomic mass is 15.1. The Labute approximate surface area is 178 Å². The van der Waals surface area contributed by atoms with Crippen molar-refractivity contribution in [3.8, 4) is 0 Å². The topological polar surface area (TPSA) is 35.7 Å². The van der Waals surface area contributed by atoms with E-state index in [0.29, 0.717) is 22.2 Å². The average Bonchev–Trinajstić information content (AvgIpc) is 2.36. The summed E-state index contributed by atoms with van der Waals surface area (Å²) in [6.07, 6.45) is 1.16. The van der Waals surface area contributed by atoms with Gasteiger partial charge in [-0.2, -0.15) is 0 Å². The molecule has 0 amide bonds. The van der Waals surface area contributed by atoms with Crippen LogP contribution < -0.4 is 5.73 Å². The van der Waals surface area contributed by atoms with Crippen molar-refractivity contribution in [2.24, 2.45) is 27.9 Å². The van der Waals surface area contributed by atoms with Gasteiger partial charge >= 0.3 is 0 Å². The van der Waals surface area contributed by atoms with Crippen LogP contribution in [0.2, 0.25) is 0 Å². The van der Waals surface area contributed by atoms with Crippen LogP contribution in [0.4, 0.5) is 0 Å². The summed E-state index contributed by atoms with van der Waals surface area (Å²) in [5, 5.41) is 0. The molecule has 2 unspecified atom stereocenters. The molecule has 2 atom stereocenters. The molecule has 0 saturated heterocycles. The van der Waals surface area contributed by atoms with Crippen molar-refractivity contribution in [1.29, 1.82) is 0 Å². The van der Waals surface area contributed by atoms with Crippen LogP contribution in [0.5, 0.6) is 0 Å². The first-order chi connectivity index (χ1) is 12.4. The third-order valence-corrected chi connectivity index (χ3v) is 4.79. The lowest BCUT2D eigenvalue weighted by Crippen LogP contribution is -2.48. The van der Waals surface area contributed by atoms with Gasteiger partial charge in [0.2, 0.25) is 0 Å². The fraction of sp³-hybridized carbons (Fsp3) is 1.00. The predicted octanol–water partition coefficient (Wildman–Crippen LogP) is 4.25. The number of hydrogen-bond donors (Lipinski definition) is 1. The first-order valence-corrected chi connectivity index (χ1v) is 11.2. The fourth-order valence-corrected chi connectivity index (χ4v) is 4.37. The minimum absolute atomic E-state index is 0.206. The molecule has 2 N–H and O–H groups in total. The van der Waals surface area contributed by atoms with E-state index >= 15 is 0 Å². The number of likely N-dealkylation sites (N-methyl/N-ethyl adjacent to an activating group) is 1. The van der Waals surface area contributed by atoms with E-state index < -0.39 is 0 Å². The fourth-order valence-electron chi connectivity index (χ4n) is 4.37. The summed E-state index contributed by atoms with van der Waals surface area (Å²) in [6, 6.07) is 0.206.